The Labute approximate surface area is 77.1 Å². The van der Waals surface area contributed by atoms with E-state index in [1.54, 1.807) is 0 Å². The molecule has 1 heterocycles. The summed E-state index contributed by atoms with van der Waals surface area (Å²) in [4.78, 5) is 21.7. The van der Waals surface area contributed by atoms with Gasteiger partial charge >= 0.3 is 6.03 Å². The van der Waals surface area contributed by atoms with E-state index >= 15 is 0 Å². The van der Waals surface area contributed by atoms with Gasteiger partial charge in [0.05, 0.1) is 0 Å². The van der Waals surface area contributed by atoms with E-state index in [1.165, 1.54) is 0 Å². The van der Waals surface area contributed by atoms with E-state index in [0.29, 0.717) is 0 Å². The van der Waals surface area contributed by atoms with Crippen LogP contribution in [0.1, 0.15) is 25.7 Å². The van der Waals surface area contributed by atoms with Gasteiger partial charge in [-0.1, -0.05) is 0 Å². The zero-order chi connectivity index (χ0) is 9.31. The van der Waals surface area contributed by atoms with E-state index in [-0.39, 0.29) is 17.5 Å². The van der Waals surface area contributed by atoms with E-state index < -0.39 is 0 Å². The number of rotatable bonds is 1. The summed E-state index contributed by atoms with van der Waals surface area (Å²) in [5, 5.41) is 5.67. The van der Waals surface area contributed by atoms with Crippen LogP contribution in [0.4, 0.5) is 4.79 Å². The fourth-order valence-electron chi connectivity index (χ4n) is 2.39. The molecule has 72 valence electrons. The molecule has 1 saturated carbocycles. The number of urea groups is 1. The average Bonchev–Trinajstić information content (AvgIpc) is 2.48. The van der Waals surface area contributed by atoms with Crippen LogP contribution >= 0.6 is 0 Å². The van der Waals surface area contributed by atoms with Crippen molar-refractivity contribution in [3.05, 3.63) is 0 Å². The minimum atomic E-state index is -0.0854. The molecule has 2 aliphatic rings. The molecule has 2 rings (SSSR count). The third-order valence-electron chi connectivity index (χ3n) is 3.11. The van der Waals surface area contributed by atoms with E-state index in [9.17, 15) is 9.59 Å². The van der Waals surface area contributed by atoms with Crippen LogP contribution in [0.15, 0.2) is 0 Å². The molecule has 2 fully saturated rings. The number of hydrogen-bond donors (Lipinski definition) is 2. The van der Waals surface area contributed by atoms with Gasteiger partial charge in [-0.3, -0.25) is 0 Å². The van der Waals surface area contributed by atoms with Crippen LogP contribution < -0.4 is 10.6 Å². The molecular weight excluding hydrogens is 168 g/mol. The van der Waals surface area contributed by atoms with Crippen molar-refractivity contribution in [2.24, 2.45) is 5.92 Å². The Kier molecular flexibility index (Phi) is 1.98. The molecular formula is C9H14N2O2. The second-order valence-electron chi connectivity index (χ2n) is 4.05. The first-order valence-electron chi connectivity index (χ1n) is 4.75. The van der Waals surface area contributed by atoms with Gasteiger partial charge in [0.15, 0.2) is 0 Å². The van der Waals surface area contributed by atoms with Crippen LogP contribution in [0, 0.1) is 5.92 Å². The number of carbonyl (C=O) groups is 2. The van der Waals surface area contributed by atoms with Crippen molar-refractivity contribution in [3.63, 3.8) is 0 Å². The van der Waals surface area contributed by atoms with Gasteiger partial charge in [0, 0.05) is 18.0 Å². The van der Waals surface area contributed by atoms with Crippen molar-refractivity contribution in [3.8, 4) is 0 Å². The number of hydrogen-bond acceptors (Lipinski definition) is 2. The van der Waals surface area contributed by atoms with Crippen molar-refractivity contribution >= 4 is 12.3 Å². The smallest absolute Gasteiger partial charge is 0.315 e. The first kappa shape index (κ1) is 8.53. The molecule has 0 aromatic carbocycles. The highest BCUT2D eigenvalue weighted by Gasteiger charge is 2.41. The fraction of sp³-hybridized carbons (Fsp3) is 0.778. The SMILES string of the molecule is O=CC1CCC2(CCNC(=O)N2)C1. The molecule has 4 heteroatoms. The Morgan fingerprint density at radius 3 is 2.92 bits per heavy atom. The van der Waals surface area contributed by atoms with E-state index in [2.05, 4.69) is 10.6 Å². The molecule has 2 amide bonds. The standard InChI is InChI=1S/C9H14N2O2/c12-6-7-1-2-9(5-7)3-4-10-8(13)11-9/h6-7H,1-5H2,(H2,10,11,13). The number of carbonyl (C=O) groups excluding carboxylic acids is 2. The second-order valence-corrected chi connectivity index (χ2v) is 4.05. The molecule has 2 atom stereocenters. The first-order valence-corrected chi connectivity index (χ1v) is 4.75. The quantitative estimate of drug-likeness (QED) is 0.578. The van der Waals surface area contributed by atoms with Crippen molar-refractivity contribution in [1.82, 2.24) is 10.6 Å². The Morgan fingerprint density at radius 1 is 1.46 bits per heavy atom. The first-order chi connectivity index (χ1) is 6.24. The third kappa shape index (κ3) is 1.53. The molecule has 1 aliphatic carbocycles. The topological polar surface area (TPSA) is 58.2 Å². The summed E-state index contributed by atoms with van der Waals surface area (Å²) in [5.74, 6) is 0.151. The minimum Gasteiger partial charge on any atom is -0.338 e. The lowest BCUT2D eigenvalue weighted by molar-refractivity contribution is -0.111. The third-order valence-corrected chi connectivity index (χ3v) is 3.11. The molecule has 0 aromatic rings. The van der Waals surface area contributed by atoms with Gasteiger partial charge in [0.25, 0.3) is 0 Å². The molecule has 1 spiro atoms. The highest BCUT2D eigenvalue weighted by Crippen LogP contribution is 2.36. The average molecular weight is 182 g/mol. The molecule has 2 unspecified atom stereocenters. The highest BCUT2D eigenvalue weighted by atomic mass is 16.2. The summed E-state index contributed by atoms with van der Waals surface area (Å²) < 4.78 is 0. The summed E-state index contributed by atoms with van der Waals surface area (Å²) in [6.45, 7) is 0.734. The zero-order valence-electron chi connectivity index (χ0n) is 7.51. The van der Waals surface area contributed by atoms with Gasteiger partial charge in [-0.05, 0) is 25.7 Å². The lowest BCUT2D eigenvalue weighted by Gasteiger charge is -2.34. The molecule has 2 N–H and O–H groups in total. The maximum Gasteiger partial charge on any atom is 0.315 e. The summed E-state index contributed by atoms with van der Waals surface area (Å²) >= 11 is 0. The second kappa shape index (κ2) is 3.01. The lowest BCUT2D eigenvalue weighted by atomic mass is 9.91. The number of amides is 2. The minimum absolute atomic E-state index is 0.0755. The van der Waals surface area contributed by atoms with Gasteiger partial charge in [-0.25, -0.2) is 4.79 Å². The van der Waals surface area contributed by atoms with Gasteiger partial charge in [-0.15, -0.1) is 0 Å². The van der Waals surface area contributed by atoms with Crippen LogP contribution in [0.3, 0.4) is 0 Å². The van der Waals surface area contributed by atoms with Crippen LogP contribution in [0.2, 0.25) is 0 Å². The summed E-state index contributed by atoms with van der Waals surface area (Å²) in [7, 11) is 0. The van der Waals surface area contributed by atoms with Gasteiger partial charge in [-0.2, -0.15) is 0 Å². The fourth-order valence-corrected chi connectivity index (χ4v) is 2.39. The van der Waals surface area contributed by atoms with Gasteiger partial charge in [0.2, 0.25) is 0 Å². The number of aldehydes is 1. The van der Waals surface area contributed by atoms with Gasteiger partial charge < -0.3 is 15.4 Å². The monoisotopic (exact) mass is 182 g/mol. The predicted octanol–water partition coefficient (Wildman–Crippen LogP) is 0.427. The van der Waals surface area contributed by atoms with Crippen molar-refractivity contribution in [2.45, 2.75) is 31.2 Å². The van der Waals surface area contributed by atoms with Gasteiger partial charge in [0.1, 0.15) is 6.29 Å². The van der Waals surface area contributed by atoms with Crippen molar-refractivity contribution in [2.75, 3.05) is 6.54 Å². The summed E-state index contributed by atoms with van der Waals surface area (Å²) in [5.41, 5.74) is -0.0755. The Morgan fingerprint density at radius 2 is 2.31 bits per heavy atom. The van der Waals surface area contributed by atoms with Crippen LogP contribution in [0.5, 0.6) is 0 Å². The van der Waals surface area contributed by atoms with E-state index in [0.717, 1.165) is 38.5 Å². The van der Waals surface area contributed by atoms with Crippen molar-refractivity contribution in [1.29, 1.82) is 0 Å². The summed E-state index contributed by atoms with van der Waals surface area (Å²) in [6, 6.07) is -0.0854. The van der Waals surface area contributed by atoms with Crippen LogP contribution in [0.25, 0.3) is 0 Å². The number of nitrogens with one attached hydrogen (secondary N) is 2. The molecule has 0 radical (unpaired) electrons. The molecule has 13 heavy (non-hydrogen) atoms. The van der Waals surface area contributed by atoms with E-state index in [4.69, 9.17) is 0 Å². The highest BCUT2D eigenvalue weighted by molar-refractivity contribution is 5.76. The maximum atomic E-state index is 11.1. The molecule has 4 nitrogen and oxygen atoms in total. The largest absolute Gasteiger partial charge is 0.338 e. The molecule has 1 aliphatic heterocycles. The molecule has 1 saturated heterocycles. The summed E-state index contributed by atoms with van der Waals surface area (Å²) in [6.07, 6.45) is 4.66. The molecule has 0 bridgehead atoms. The lowest BCUT2D eigenvalue weighted by Crippen LogP contribution is -2.57. The Bertz CT molecular complexity index is 242. The Balaban J connectivity index is 2.04. The predicted molar refractivity (Wildman–Crippen MR) is 47.3 cm³/mol. The zero-order valence-corrected chi connectivity index (χ0v) is 7.51. The molecule has 0 aromatic heterocycles. The van der Waals surface area contributed by atoms with Crippen molar-refractivity contribution < 1.29 is 9.59 Å². The van der Waals surface area contributed by atoms with E-state index in [1.807, 2.05) is 0 Å². The Hall–Kier alpha value is -1.06. The normalized spacial score (nSPS) is 38.5. The maximum absolute atomic E-state index is 11.1. The van der Waals surface area contributed by atoms with Crippen LogP contribution in [-0.4, -0.2) is 24.4 Å². The van der Waals surface area contributed by atoms with Crippen LogP contribution in [-0.2, 0) is 4.79 Å².